The van der Waals surface area contributed by atoms with E-state index in [9.17, 15) is 0 Å². The molecule has 78 valence electrons. The molecule has 0 aliphatic rings. The third-order valence-corrected chi connectivity index (χ3v) is 4.34. The maximum Gasteiger partial charge on any atom is 0.0707 e. The van der Waals surface area contributed by atoms with Gasteiger partial charge in [-0.15, -0.1) is 0 Å². The lowest BCUT2D eigenvalue weighted by Gasteiger charge is -2.30. The largest absolute Gasteiger partial charge is 0.177 e. The number of benzene rings is 1. The van der Waals surface area contributed by atoms with Crippen LogP contribution in [-0.4, -0.2) is 9.83 Å². The highest BCUT2D eigenvalue weighted by atomic mass is 32.2. The third-order valence-electron chi connectivity index (χ3n) is 2.40. The molecule has 0 heterocycles. The van der Waals surface area contributed by atoms with Gasteiger partial charge in [0.2, 0.25) is 0 Å². The van der Waals surface area contributed by atoms with Crippen molar-refractivity contribution in [1.29, 1.82) is 0 Å². The van der Waals surface area contributed by atoms with E-state index in [2.05, 4.69) is 56.9 Å². The lowest BCUT2D eigenvalue weighted by atomic mass is 9.93. The molecule has 0 radical (unpaired) electrons. The molecule has 0 aliphatic heterocycles. The minimum atomic E-state index is -0.334. The standard InChI is InChI=1S/C11H16S3/c1-2-10(11(13,14)8-12)9-6-4-3-5-7-9/h3-7,10,12-14H,2,8H2,1H3. The van der Waals surface area contributed by atoms with Crippen LogP contribution in [-0.2, 0) is 0 Å². The van der Waals surface area contributed by atoms with Gasteiger partial charge in [0, 0.05) is 11.7 Å². The van der Waals surface area contributed by atoms with Gasteiger partial charge in [-0.25, -0.2) is 0 Å². The molecule has 0 fully saturated rings. The molecule has 14 heavy (non-hydrogen) atoms. The summed E-state index contributed by atoms with van der Waals surface area (Å²) in [4.78, 5) is 0. The SMILES string of the molecule is CCC(c1ccccc1)C(S)(S)CS. The summed E-state index contributed by atoms with van der Waals surface area (Å²) in [7, 11) is 0. The normalized spacial score (nSPS) is 14.0. The summed E-state index contributed by atoms with van der Waals surface area (Å²) in [6, 6.07) is 10.4. The summed E-state index contributed by atoms with van der Waals surface area (Å²) in [5.74, 6) is 1.000. The van der Waals surface area contributed by atoms with Crippen molar-refractivity contribution in [2.75, 3.05) is 5.75 Å². The highest BCUT2D eigenvalue weighted by Gasteiger charge is 2.29. The number of thiol groups is 3. The Hall–Kier alpha value is 0.270. The molecular formula is C11H16S3. The fourth-order valence-electron chi connectivity index (χ4n) is 1.63. The molecule has 0 spiro atoms. The molecule has 3 heteroatoms. The molecule has 0 nitrogen and oxygen atoms in total. The van der Waals surface area contributed by atoms with Gasteiger partial charge in [0.1, 0.15) is 0 Å². The van der Waals surface area contributed by atoms with Gasteiger partial charge in [0.25, 0.3) is 0 Å². The summed E-state index contributed by atoms with van der Waals surface area (Å²) < 4.78 is -0.334. The number of rotatable bonds is 4. The zero-order valence-corrected chi connectivity index (χ0v) is 10.9. The smallest absolute Gasteiger partial charge is 0.0707 e. The highest BCUT2D eigenvalue weighted by molar-refractivity contribution is 8.02. The predicted octanol–water partition coefficient (Wildman–Crippen LogP) is 3.67. The number of hydrogen-bond donors (Lipinski definition) is 3. The van der Waals surface area contributed by atoms with Gasteiger partial charge in [-0.05, 0) is 12.0 Å². The Bertz CT molecular complexity index is 269. The van der Waals surface area contributed by atoms with Crippen LogP contribution in [0.4, 0.5) is 0 Å². The Labute approximate surface area is 103 Å². The molecule has 0 aromatic heterocycles. The molecule has 0 saturated carbocycles. The van der Waals surface area contributed by atoms with Gasteiger partial charge < -0.3 is 0 Å². The van der Waals surface area contributed by atoms with Gasteiger partial charge in [0.15, 0.2) is 0 Å². The lowest BCUT2D eigenvalue weighted by molar-refractivity contribution is 0.635. The molecule has 1 aromatic rings. The molecule has 0 bridgehead atoms. The molecular weight excluding hydrogens is 228 g/mol. The fourth-order valence-corrected chi connectivity index (χ4v) is 2.51. The summed E-state index contributed by atoms with van der Waals surface area (Å²) in [5.41, 5.74) is 1.29. The maximum absolute atomic E-state index is 4.56. The molecule has 0 N–H and O–H groups in total. The van der Waals surface area contributed by atoms with Crippen LogP contribution in [0.15, 0.2) is 30.3 Å². The first kappa shape index (κ1) is 12.3. The van der Waals surface area contributed by atoms with E-state index in [4.69, 9.17) is 0 Å². The van der Waals surface area contributed by atoms with Crippen LogP contribution in [0, 0.1) is 0 Å². The van der Waals surface area contributed by atoms with Crippen molar-refractivity contribution < 1.29 is 0 Å². The van der Waals surface area contributed by atoms with Crippen molar-refractivity contribution in [3.8, 4) is 0 Å². The van der Waals surface area contributed by atoms with Gasteiger partial charge in [-0.1, -0.05) is 37.3 Å². The van der Waals surface area contributed by atoms with Crippen LogP contribution < -0.4 is 0 Å². The Balaban J connectivity index is 2.93. The lowest BCUT2D eigenvalue weighted by Crippen LogP contribution is -2.25. The first-order valence-electron chi connectivity index (χ1n) is 4.72. The van der Waals surface area contributed by atoms with E-state index < -0.39 is 0 Å². The Morgan fingerprint density at radius 2 is 1.79 bits per heavy atom. The van der Waals surface area contributed by atoms with E-state index in [0.717, 1.165) is 6.42 Å². The van der Waals surface area contributed by atoms with Crippen LogP contribution in [0.25, 0.3) is 0 Å². The van der Waals surface area contributed by atoms with E-state index in [1.54, 1.807) is 0 Å². The maximum atomic E-state index is 4.56. The van der Waals surface area contributed by atoms with Gasteiger partial charge in [-0.2, -0.15) is 37.9 Å². The minimum absolute atomic E-state index is 0.334. The van der Waals surface area contributed by atoms with E-state index >= 15 is 0 Å². The van der Waals surface area contributed by atoms with Crippen molar-refractivity contribution in [3.63, 3.8) is 0 Å². The molecule has 1 unspecified atom stereocenters. The summed E-state index contributed by atoms with van der Waals surface area (Å²) >= 11 is 13.4. The van der Waals surface area contributed by atoms with Crippen LogP contribution in [0.2, 0.25) is 0 Å². The van der Waals surface area contributed by atoms with Crippen molar-refractivity contribution in [3.05, 3.63) is 35.9 Å². The quantitative estimate of drug-likeness (QED) is 0.522. The average Bonchev–Trinajstić information content (AvgIpc) is 2.20. The predicted molar refractivity (Wildman–Crippen MR) is 74.0 cm³/mol. The van der Waals surface area contributed by atoms with Crippen molar-refractivity contribution in [2.45, 2.75) is 23.3 Å². The van der Waals surface area contributed by atoms with Crippen LogP contribution >= 0.6 is 37.9 Å². The second kappa shape index (κ2) is 5.38. The highest BCUT2D eigenvalue weighted by Crippen LogP contribution is 2.39. The van der Waals surface area contributed by atoms with Gasteiger partial charge >= 0.3 is 0 Å². The summed E-state index contributed by atoms with van der Waals surface area (Å²) in [6.07, 6.45) is 1.03. The Morgan fingerprint density at radius 1 is 1.21 bits per heavy atom. The van der Waals surface area contributed by atoms with E-state index in [0.29, 0.717) is 11.7 Å². The second-order valence-corrected chi connectivity index (χ2v) is 5.67. The van der Waals surface area contributed by atoms with Gasteiger partial charge in [-0.3, -0.25) is 0 Å². The van der Waals surface area contributed by atoms with Gasteiger partial charge in [0.05, 0.1) is 4.08 Å². The summed E-state index contributed by atoms with van der Waals surface area (Å²) in [6.45, 7) is 2.16. The zero-order valence-electron chi connectivity index (χ0n) is 8.22. The average molecular weight is 244 g/mol. The topological polar surface area (TPSA) is 0 Å². The molecule has 1 aromatic carbocycles. The monoisotopic (exact) mass is 244 g/mol. The van der Waals surface area contributed by atoms with Crippen molar-refractivity contribution in [2.24, 2.45) is 0 Å². The molecule has 0 saturated heterocycles. The molecule has 0 aliphatic carbocycles. The van der Waals surface area contributed by atoms with Crippen molar-refractivity contribution >= 4 is 37.9 Å². The third kappa shape index (κ3) is 2.88. The Kier molecular flexibility index (Phi) is 4.74. The first-order valence-corrected chi connectivity index (χ1v) is 6.25. The van der Waals surface area contributed by atoms with E-state index in [-0.39, 0.29) is 4.08 Å². The zero-order chi connectivity index (χ0) is 10.6. The van der Waals surface area contributed by atoms with E-state index in [1.807, 2.05) is 18.2 Å². The fraction of sp³-hybridized carbons (Fsp3) is 0.455. The van der Waals surface area contributed by atoms with Crippen molar-refractivity contribution in [1.82, 2.24) is 0 Å². The molecule has 1 atom stereocenters. The molecule has 1 rings (SSSR count). The minimum Gasteiger partial charge on any atom is -0.177 e. The van der Waals surface area contributed by atoms with Crippen LogP contribution in [0.3, 0.4) is 0 Å². The Morgan fingerprint density at radius 3 is 2.21 bits per heavy atom. The summed E-state index contributed by atoms with van der Waals surface area (Å²) in [5, 5.41) is 0. The number of hydrogen-bond acceptors (Lipinski definition) is 3. The van der Waals surface area contributed by atoms with Crippen LogP contribution in [0.1, 0.15) is 24.8 Å². The first-order chi connectivity index (χ1) is 6.61. The van der Waals surface area contributed by atoms with Crippen LogP contribution in [0.5, 0.6) is 0 Å². The second-order valence-electron chi connectivity index (χ2n) is 3.41. The van der Waals surface area contributed by atoms with E-state index in [1.165, 1.54) is 5.56 Å². The molecule has 0 amide bonds.